The Labute approximate surface area is 91.9 Å². The number of hydrogen-bond acceptors (Lipinski definition) is 0. The molecular formula is H3AlCuThZn. The molecule has 0 aliphatic heterocycles. The summed E-state index contributed by atoms with van der Waals surface area (Å²) in [4.78, 5) is 0. The Balaban J connectivity index is 0. The fourth-order valence-corrected chi connectivity index (χ4v) is 0. The fraction of sp³-hybridized carbons (Fsp3) is 0. The first-order valence-corrected chi connectivity index (χ1v) is 0. The molecule has 0 aromatic rings. The van der Waals surface area contributed by atoms with Crippen molar-refractivity contribution in [2.45, 2.75) is 0 Å². The largest absolute Gasteiger partial charge is 0.187 e. The average Bonchev–Trinajstić information content (AvgIpc) is 0. The van der Waals surface area contributed by atoms with Crippen LogP contribution in [0.5, 0.6) is 0 Å². The molecule has 0 bridgehead atoms. The molecular weight excluding hydrogens is 388 g/mol. The van der Waals surface area contributed by atoms with Crippen LogP contribution in [-0.2, 0) is 36.5 Å². The minimum Gasteiger partial charge on any atom is 0 e. The van der Waals surface area contributed by atoms with Gasteiger partial charge in [-0.05, 0) is 0 Å². The van der Waals surface area contributed by atoms with E-state index in [-0.39, 0.29) is 93.8 Å². The molecule has 0 amide bonds. The van der Waals surface area contributed by atoms with Crippen LogP contribution in [0.25, 0.3) is 0 Å². The van der Waals surface area contributed by atoms with Crippen LogP contribution in [-0.4, -0.2) is 17.4 Å². The van der Waals surface area contributed by atoms with Gasteiger partial charge in [-0.2, -0.15) is 0 Å². The molecule has 4 heteroatoms. The summed E-state index contributed by atoms with van der Waals surface area (Å²) in [5.74, 6) is 0. The molecule has 0 rings (SSSR count). The average molecular weight is 391 g/mol. The Morgan fingerprint density at radius 1 is 1.00 bits per heavy atom. The predicted octanol–water partition coefficient (Wildman–Crippen LogP) is -1.19. The van der Waals surface area contributed by atoms with Gasteiger partial charge in [-0.1, -0.05) is 0 Å². The van der Waals surface area contributed by atoms with Gasteiger partial charge in [-0.25, -0.2) is 0 Å². The molecule has 4 heavy (non-hydrogen) atoms. The van der Waals surface area contributed by atoms with Crippen molar-refractivity contribution in [3.63, 3.8) is 0 Å². The Hall–Kier alpha value is 3.00. The van der Waals surface area contributed by atoms with Crippen LogP contribution in [0.1, 0.15) is 0 Å². The maximum atomic E-state index is 0. The van der Waals surface area contributed by atoms with Gasteiger partial charge in [0, 0.05) is 76.5 Å². The molecule has 0 aliphatic rings. The standard InChI is InChI=1S/Al.Cu.Th.Zn.3H. The van der Waals surface area contributed by atoms with E-state index < -0.39 is 0 Å². The topological polar surface area (TPSA) is 0 Å². The third-order valence-corrected chi connectivity index (χ3v) is 0. The van der Waals surface area contributed by atoms with E-state index >= 15 is 0 Å². The number of rotatable bonds is 0. The Bertz CT molecular complexity index is 8.00. The second-order valence-electron chi connectivity index (χ2n) is 0. The van der Waals surface area contributed by atoms with Crippen molar-refractivity contribution in [2.75, 3.05) is 0 Å². The molecule has 0 saturated heterocycles. The van der Waals surface area contributed by atoms with Gasteiger partial charge in [0.05, 0.1) is 0 Å². The van der Waals surface area contributed by atoms with Gasteiger partial charge >= 0.3 is 0 Å². The fourth-order valence-electron chi connectivity index (χ4n) is 0. The zero-order chi connectivity index (χ0) is 0. The van der Waals surface area contributed by atoms with E-state index in [2.05, 4.69) is 0 Å². The van der Waals surface area contributed by atoms with E-state index in [1.807, 2.05) is 0 Å². The summed E-state index contributed by atoms with van der Waals surface area (Å²) >= 11 is 0. The molecule has 0 atom stereocenters. The quantitative estimate of drug-likeness (QED) is 0.456. The molecule has 0 aromatic heterocycles. The van der Waals surface area contributed by atoms with Crippen LogP contribution in [0.3, 0.4) is 0 Å². The van der Waals surface area contributed by atoms with E-state index in [1.54, 1.807) is 0 Å². The maximum absolute atomic E-state index is 0. The van der Waals surface area contributed by atoms with Crippen LogP contribution >= 0.6 is 0 Å². The van der Waals surface area contributed by atoms with E-state index in [1.165, 1.54) is 0 Å². The summed E-state index contributed by atoms with van der Waals surface area (Å²) in [6.45, 7) is 0. The minimum atomic E-state index is 0. The van der Waals surface area contributed by atoms with Crippen molar-refractivity contribution in [2.24, 2.45) is 0 Å². The van der Waals surface area contributed by atoms with Gasteiger partial charge in [0.1, 0.15) is 0 Å². The summed E-state index contributed by atoms with van der Waals surface area (Å²) in [6.07, 6.45) is 0. The van der Waals surface area contributed by atoms with Crippen LogP contribution in [0.2, 0.25) is 0 Å². The summed E-state index contributed by atoms with van der Waals surface area (Å²) in [5, 5.41) is 0. The molecule has 0 unspecified atom stereocenters. The Morgan fingerprint density at radius 3 is 1.00 bits per heavy atom. The summed E-state index contributed by atoms with van der Waals surface area (Å²) < 4.78 is 0. The molecule has 1 radical (unpaired) electrons. The van der Waals surface area contributed by atoms with Gasteiger partial charge in [0.15, 0.2) is 17.4 Å². The minimum absolute atomic E-state index is 0. The molecule has 0 nitrogen and oxygen atoms in total. The van der Waals surface area contributed by atoms with Gasteiger partial charge in [-0.3, -0.25) is 0 Å². The van der Waals surface area contributed by atoms with Crippen LogP contribution in [0.4, 0.5) is 0 Å². The second kappa shape index (κ2) is 16.7. The molecule has 0 fully saturated rings. The molecule has 0 aliphatic carbocycles. The normalized spacial score (nSPS) is 0. The number of hydrogen-bond donors (Lipinski definition) is 0. The summed E-state index contributed by atoms with van der Waals surface area (Å²) in [7, 11) is 0. The van der Waals surface area contributed by atoms with Crippen molar-refractivity contribution in [3.05, 3.63) is 0 Å². The summed E-state index contributed by atoms with van der Waals surface area (Å²) in [6, 6.07) is 0. The van der Waals surface area contributed by atoms with Gasteiger partial charge in [-0.15, -0.1) is 0 Å². The molecule has 0 saturated carbocycles. The molecule has 0 spiro atoms. The third-order valence-electron chi connectivity index (χ3n) is 0. The Kier molecular flexibility index (Phi) is 117. The van der Waals surface area contributed by atoms with Crippen molar-refractivity contribution in [1.82, 2.24) is 0 Å². The predicted molar refractivity (Wildman–Crippen MR) is 9.94 cm³/mol. The van der Waals surface area contributed by atoms with Crippen molar-refractivity contribution in [3.8, 4) is 0 Å². The first-order chi connectivity index (χ1) is 0. The van der Waals surface area contributed by atoms with Gasteiger partial charge in [0.2, 0.25) is 0 Å². The zero-order valence-electron chi connectivity index (χ0n) is 1.51. The SMILES string of the molecule is [AlH3].[Cu].[Th].[Zn]. The van der Waals surface area contributed by atoms with E-state index in [9.17, 15) is 0 Å². The molecule has 0 aromatic carbocycles. The van der Waals surface area contributed by atoms with Crippen LogP contribution in [0, 0.1) is 39.9 Å². The first-order valence-electron chi connectivity index (χ1n) is 0. The van der Waals surface area contributed by atoms with Crippen molar-refractivity contribution in [1.29, 1.82) is 0 Å². The molecule has 0 heterocycles. The van der Waals surface area contributed by atoms with E-state index in [0.29, 0.717) is 0 Å². The van der Waals surface area contributed by atoms with Gasteiger partial charge < -0.3 is 0 Å². The third kappa shape index (κ3) is 8.89. The van der Waals surface area contributed by atoms with E-state index in [4.69, 9.17) is 0 Å². The van der Waals surface area contributed by atoms with Crippen molar-refractivity contribution < 1.29 is 76.5 Å². The Morgan fingerprint density at radius 2 is 1.00 bits per heavy atom. The molecule has 0 N–H and O–H groups in total. The van der Waals surface area contributed by atoms with Gasteiger partial charge in [0.25, 0.3) is 0 Å². The second-order valence-corrected chi connectivity index (χ2v) is 0. The van der Waals surface area contributed by atoms with Crippen molar-refractivity contribution >= 4 is 17.4 Å². The van der Waals surface area contributed by atoms with Crippen LogP contribution < -0.4 is 0 Å². The van der Waals surface area contributed by atoms with E-state index in [0.717, 1.165) is 0 Å². The van der Waals surface area contributed by atoms with Crippen LogP contribution in [0.15, 0.2) is 0 Å². The molecule has 23 valence electrons. The maximum Gasteiger partial charge on any atom is 0.187 e. The smallest absolute Gasteiger partial charge is 0 e. The monoisotopic (exact) mass is 389 g/mol. The summed E-state index contributed by atoms with van der Waals surface area (Å²) in [5.41, 5.74) is 0. The zero-order valence-corrected chi connectivity index (χ0v) is 9.53. The first kappa shape index (κ1) is 28.0.